The molecule has 2 aromatic rings. The van der Waals surface area contributed by atoms with E-state index in [1.54, 1.807) is 0 Å². The molecule has 0 aliphatic carbocycles. The van der Waals surface area contributed by atoms with Gasteiger partial charge < -0.3 is 11.1 Å². The van der Waals surface area contributed by atoms with Crippen LogP contribution < -0.4 is 11.1 Å². The number of hydrogen-bond acceptors (Lipinski definition) is 5. The second-order valence-electron chi connectivity index (χ2n) is 3.31. The number of H-pyrrole nitrogens is 1. The van der Waals surface area contributed by atoms with E-state index in [4.69, 9.17) is 5.73 Å². The van der Waals surface area contributed by atoms with Gasteiger partial charge >= 0.3 is 0 Å². The normalized spacial score (nSPS) is 10.3. The van der Waals surface area contributed by atoms with Crippen LogP contribution in [0.4, 0.5) is 17.6 Å². The molecule has 0 atom stereocenters. The summed E-state index contributed by atoms with van der Waals surface area (Å²) >= 11 is 0. The quantitative estimate of drug-likeness (QED) is 0.682. The Kier molecular flexibility index (Phi) is 2.24. The van der Waals surface area contributed by atoms with Crippen LogP contribution in [-0.2, 0) is 0 Å². The van der Waals surface area contributed by atoms with E-state index in [0.717, 1.165) is 17.1 Å². The summed E-state index contributed by atoms with van der Waals surface area (Å²) in [6, 6.07) is 3.83. The molecule has 0 saturated carbocycles. The third-order valence-corrected chi connectivity index (χ3v) is 1.84. The molecule has 0 unspecified atom stereocenters. The smallest absolute Gasteiger partial charge is 0.248 e. The maximum atomic E-state index is 5.41. The Hall–Kier alpha value is -2.11. The van der Waals surface area contributed by atoms with E-state index < -0.39 is 0 Å². The van der Waals surface area contributed by atoms with Gasteiger partial charge in [-0.3, -0.25) is 4.98 Å². The SMILES string of the molecule is Cc1cc(Nc2n[nH]c(N)n2)cc(C)n1. The minimum absolute atomic E-state index is 0.292. The van der Waals surface area contributed by atoms with Crippen molar-refractivity contribution in [1.29, 1.82) is 0 Å². The van der Waals surface area contributed by atoms with Crippen molar-refractivity contribution >= 4 is 17.6 Å². The summed E-state index contributed by atoms with van der Waals surface area (Å²) in [4.78, 5) is 8.21. The zero-order chi connectivity index (χ0) is 10.8. The van der Waals surface area contributed by atoms with Gasteiger partial charge in [0.15, 0.2) is 0 Å². The minimum atomic E-state index is 0.292. The van der Waals surface area contributed by atoms with Gasteiger partial charge in [-0.15, -0.1) is 5.10 Å². The van der Waals surface area contributed by atoms with Crippen LogP contribution in [0.1, 0.15) is 11.4 Å². The number of nitrogen functional groups attached to an aromatic ring is 1. The molecule has 0 spiro atoms. The van der Waals surface area contributed by atoms with Crippen molar-refractivity contribution in [1.82, 2.24) is 20.2 Å². The number of nitrogens with zero attached hydrogens (tertiary/aromatic N) is 3. The Balaban J connectivity index is 2.24. The molecule has 0 aliphatic heterocycles. The first-order chi connectivity index (χ1) is 7.13. The number of rotatable bonds is 2. The summed E-state index contributed by atoms with van der Waals surface area (Å²) in [5, 5.41) is 9.47. The molecule has 2 rings (SSSR count). The van der Waals surface area contributed by atoms with Crippen LogP contribution in [0.15, 0.2) is 12.1 Å². The topological polar surface area (TPSA) is 92.5 Å². The average Bonchev–Trinajstić information content (AvgIpc) is 2.49. The van der Waals surface area contributed by atoms with Gasteiger partial charge in [0, 0.05) is 17.1 Å². The van der Waals surface area contributed by atoms with E-state index >= 15 is 0 Å². The fraction of sp³-hybridized carbons (Fsp3) is 0.222. The lowest BCUT2D eigenvalue weighted by molar-refractivity contribution is 1.09. The molecule has 0 radical (unpaired) electrons. The molecule has 0 aliphatic rings. The molecule has 2 aromatic heterocycles. The first-order valence-corrected chi connectivity index (χ1v) is 4.54. The number of aromatic nitrogens is 4. The van der Waals surface area contributed by atoms with Gasteiger partial charge in [0.1, 0.15) is 0 Å². The Labute approximate surface area is 86.9 Å². The van der Waals surface area contributed by atoms with Gasteiger partial charge in [0.2, 0.25) is 11.9 Å². The monoisotopic (exact) mass is 204 g/mol. The van der Waals surface area contributed by atoms with Crippen LogP contribution in [0.2, 0.25) is 0 Å². The van der Waals surface area contributed by atoms with E-state index in [9.17, 15) is 0 Å². The fourth-order valence-electron chi connectivity index (χ4n) is 1.37. The molecular weight excluding hydrogens is 192 g/mol. The summed E-state index contributed by atoms with van der Waals surface area (Å²) < 4.78 is 0. The standard InChI is InChI=1S/C9H12N6/c1-5-3-7(4-6(2)11-5)12-9-13-8(10)14-15-9/h3-4H,1-2H3,(H4,10,11,12,13,14,15). The molecule has 6 heteroatoms. The molecule has 0 bridgehead atoms. The lowest BCUT2D eigenvalue weighted by atomic mass is 10.3. The van der Waals surface area contributed by atoms with E-state index in [-0.39, 0.29) is 0 Å². The van der Waals surface area contributed by atoms with Gasteiger partial charge in [-0.25, -0.2) is 5.10 Å². The first-order valence-electron chi connectivity index (χ1n) is 4.54. The minimum Gasteiger partial charge on any atom is -0.368 e. The highest BCUT2D eigenvalue weighted by atomic mass is 15.3. The highest BCUT2D eigenvalue weighted by Gasteiger charge is 2.01. The largest absolute Gasteiger partial charge is 0.368 e. The Morgan fingerprint density at radius 1 is 1.20 bits per heavy atom. The van der Waals surface area contributed by atoms with E-state index in [1.165, 1.54) is 0 Å². The zero-order valence-corrected chi connectivity index (χ0v) is 8.57. The molecule has 0 fully saturated rings. The molecule has 0 saturated heterocycles. The summed E-state index contributed by atoms with van der Waals surface area (Å²) in [6.07, 6.45) is 0. The van der Waals surface area contributed by atoms with Crippen LogP contribution in [0.25, 0.3) is 0 Å². The van der Waals surface area contributed by atoms with Crippen molar-refractivity contribution in [2.45, 2.75) is 13.8 Å². The molecule has 2 heterocycles. The Morgan fingerprint density at radius 3 is 2.40 bits per heavy atom. The number of aromatic amines is 1. The number of anilines is 3. The van der Waals surface area contributed by atoms with Crippen molar-refractivity contribution < 1.29 is 0 Å². The van der Waals surface area contributed by atoms with Crippen LogP contribution in [0, 0.1) is 13.8 Å². The second-order valence-corrected chi connectivity index (χ2v) is 3.31. The number of nitrogens with one attached hydrogen (secondary N) is 2. The predicted molar refractivity (Wildman–Crippen MR) is 57.8 cm³/mol. The number of nitrogens with two attached hydrogens (primary N) is 1. The highest BCUT2D eigenvalue weighted by Crippen LogP contribution is 2.14. The van der Waals surface area contributed by atoms with Gasteiger partial charge in [0.05, 0.1) is 0 Å². The van der Waals surface area contributed by atoms with Crippen LogP contribution in [0.3, 0.4) is 0 Å². The molecule has 15 heavy (non-hydrogen) atoms. The van der Waals surface area contributed by atoms with Crippen molar-refractivity contribution in [2.24, 2.45) is 0 Å². The van der Waals surface area contributed by atoms with Crippen molar-refractivity contribution in [3.05, 3.63) is 23.5 Å². The van der Waals surface area contributed by atoms with Crippen molar-refractivity contribution in [3.63, 3.8) is 0 Å². The highest BCUT2D eigenvalue weighted by molar-refractivity contribution is 5.54. The number of aryl methyl sites for hydroxylation is 2. The molecule has 78 valence electrons. The third-order valence-electron chi connectivity index (χ3n) is 1.84. The molecule has 0 aromatic carbocycles. The Bertz CT molecular complexity index is 455. The van der Waals surface area contributed by atoms with Crippen molar-refractivity contribution in [2.75, 3.05) is 11.1 Å². The van der Waals surface area contributed by atoms with Crippen molar-refractivity contribution in [3.8, 4) is 0 Å². The van der Waals surface area contributed by atoms with Gasteiger partial charge in [-0.2, -0.15) is 4.98 Å². The van der Waals surface area contributed by atoms with Gasteiger partial charge in [-0.1, -0.05) is 0 Å². The van der Waals surface area contributed by atoms with Gasteiger partial charge in [-0.05, 0) is 26.0 Å². The molecular formula is C9H12N6. The summed E-state index contributed by atoms with van der Waals surface area (Å²) in [7, 11) is 0. The summed E-state index contributed by atoms with van der Waals surface area (Å²) in [5.74, 6) is 0.748. The maximum Gasteiger partial charge on any atom is 0.248 e. The zero-order valence-electron chi connectivity index (χ0n) is 8.57. The van der Waals surface area contributed by atoms with E-state index in [1.807, 2.05) is 26.0 Å². The number of pyridine rings is 1. The Morgan fingerprint density at radius 2 is 1.87 bits per heavy atom. The average molecular weight is 204 g/mol. The third kappa shape index (κ3) is 2.22. The molecule has 6 nitrogen and oxygen atoms in total. The molecule has 0 amide bonds. The first kappa shape index (κ1) is 9.45. The molecule has 4 N–H and O–H groups in total. The summed E-state index contributed by atoms with van der Waals surface area (Å²) in [5.41, 5.74) is 8.20. The second kappa shape index (κ2) is 3.56. The number of hydrogen-bond donors (Lipinski definition) is 3. The van der Waals surface area contributed by atoms with Crippen LogP contribution in [0.5, 0.6) is 0 Å². The van der Waals surface area contributed by atoms with E-state index in [2.05, 4.69) is 25.5 Å². The summed E-state index contributed by atoms with van der Waals surface area (Å²) in [6.45, 7) is 3.87. The maximum absolute atomic E-state index is 5.41. The van der Waals surface area contributed by atoms with Crippen LogP contribution in [-0.4, -0.2) is 20.2 Å². The lowest BCUT2D eigenvalue weighted by Crippen LogP contribution is -1.95. The van der Waals surface area contributed by atoms with Crippen LogP contribution >= 0.6 is 0 Å². The fourth-order valence-corrected chi connectivity index (χ4v) is 1.37. The van der Waals surface area contributed by atoms with E-state index in [0.29, 0.717) is 11.9 Å². The predicted octanol–water partition coefficient (Wildman–Crippen LogP) is 1.14. The van der Waals surface area contributed by atoms with Gasteiger partial charge in [0.25, 0.3) is 0 Å². The lowest BCUT2D eigenvalue weighted by Gasteiger charge is -2.03.